The first-order valence-corrected chi connectivity index (χ1v) is 5.27. The van der Waals surface area contributed by atoms with Gasteiger partial charge in [0.05, 0.1) is 4.92 Å². The van der Waals surface area contributed by atoms with Gasteiger partial charge in [0.1, 0.15) is 0 Å². The van der Waals surface area contributed by atoms with Crippen LogP contribution in [0.5, 0.6) is 0 Å². The van der Waals surface area contributed by atoms with Gasteiger partial charge < -0.3 is 5.32 Å². The fourth-order valence-electron chi connectivity index (χ4n) is 1.30. The molecule has 0 radical (unpaired) electrons. The lowest BCUT2D eigenvalue weighted by Crippen LogP contribution is -2.13. The van der Waals surface area contributed by atoms with Crippen LogP contribution in [-0.2, 0) is 6.54 Å². The number of rotatable bonds is 5. The first-order chi connectivity index (χ1) is 8.00. The number of benzene rings is 1. The minimum atomic E-state index is -0.795. The van der Waals surface area contributed by atoms with E-state index >= 15 is 0 Å². The predicted octanol–water partition coefficient (Wildman–Crippen LogP) is 2.79. The summed E-state index contributed by atoms with van der Waals surface area (Å²) in [5, 5.41) is 13.5. The summed E-state index contributed by atoms with van der Waals surface area (Å²) in [4.78, 5) is 9.68. The molecule has 92 valence electrons. The number of hydrogen-bond donors (Lipinski definition) is 1. The Morgan fingerprint density at radius 1 is 1.53 bits per heavy atom. The van der Waals surface area contributed by atoms with Crippen molar-refractivity contribution in [3.8, 4) is 0 Å². The zero-order chi connectivity index (χ0) is 12.8. The van der Waals surface area contributed by atoms with Crippen molar-refractivity contribution in [2.24, 2.45) is 0 Å². The van der Waals surface area contributed by atoms with E-state index in [0.717, 1.165) is 0 Å². The second-order valence-electron chi connectivity index (χ2n) is 3.96. The minimum absolute atomic E-state index is 0.485. The minimum Gasteiger partial charge on any atom is -0.309 e. The van der Waals surface area contributed by atoms with E-state index in [1.165, 1.54) is 17.7 Å². The molecule has 0 aromatic heterocycles. The van der Waals surface area contributed by atoms with Crippen LogP contribution in [-0.4, -0.2) is 11.5 Å². The maximum Gasteiger partial charge on any atom is 0.304 e. The highest BCUT2D eigenvalue weighted by Gasteiger charge is 2.13. The molecule has 0 atom stereocenters. The molecule has 0 unspecified atom stereocenters. The van der Waals surface area contributed by atoms with Gasteiger partial charge in [0.15, 0.2) is 0 Å². The van der Waals surface area contributed by atoms with Gasteiger partial charge in [0.25, 0.3) is 0 Å². The average Bonchev–Trinajstić information content (AvgIpc) is 2.23. The van der Waals surface area contributed by atoms with Crippen LogP contribution in [0.25, 0.3) is 0 Å². The Kier molecular flexibility index (Phi) is 4.78. The molecule has 1 N–H and O–H groups in total. The van der Waals surface area contributed by atoms with Gasteiger partial charge >= 0.3 is 5.69 Å². The Morgan fingerprint density at radius 3 is 2.76 bits per heavy atom. The molecule has 5 heteroatoms. The zero-order valence-electron chi connectivity index (χ0n) is 9.87. The molecule has 0 aliphatic carbocycles. The predicted molar refractivity (Wildman–Crippen MR) is 64.2 cm³/mol. The van der Waals surface area contributed by atoms with Crippen molar-refractivity contribution < 1.29 is 9.31 Å². The number of nitro groups is 1. The molecule has 1 aromatic rings. The quantitative estimate of drug-likeness (QED) is 0.371. The largest absolute Gasteiger partial charge is 0.309 e. The molecule has 0 saturated carbocycles. The third-order valence-electron chi connectivity index (χ3n) is 2.19. The molecule has 0 bridgehead atoms. The van der Waals surface area contributed by atoms with Crippen LogP contribution in [0, 0.1) is 15.9 Å². The summed E-state index contributed by atoms with van der Waals surface area (Å²) in [6.07, 6.45) is 2.02. The number of halogens is 1. The van der Waals surface area contributed by atoms with Crippen molar-refractivity contribution in [2.75, 3.05) is 6.54 Å². The Bertz CT molecular complexity index is 440. The fraction of sp³-hybridized carbons (Fsp3) is 0.333. The van der Waals surface area contributed by atoms with Crippen molar-refractivity contribution in [2.45, 2.75) is 20.4 Å². The highest BCUT2D eigenvalue weighted by atomic mass is 19.1. The second kappa shape index (κ2) is 6.10. The first kappa shape index (κ1) is 13.3. The third kappa shape index (κ3) is 4.32. The van der Waals surface area contributed by atoms with Crippen LogP contribution in [0.3, 0.4) is 0 Å². The lowest BCUT2D eigenvalue weighted by atomic mass is 10.2. The third-order valence-corrected chi connectivity index (χ3v) is 2.19. The highest BCUT2D eigenvalue weighted by molar-refractivity contribution is 5.34. The second-order valence-corrected chi connectivity index (χ2v) is 3.96. The summed E-state index contributed by atoms with van der Waals surface area (Å²) in [7, 11) is 0. The number of nitrogens with one attached hydrogen (secondary N) is 1. The maximum atomic E-state index is 13.3. The topological polar surface area (TPSA) is 55.2 Å². The van der Waals surface area contributed by atoms with Crippen molar-refractivity contribution in [3.05, 3.63) is 51.3 Å². The van der Waals surface area contributed by atoms with Crippen LogP contribution in [0.1, 0.15) is 19.4 Å². The summed E-state index contributed by atoms with van der Waals surface area (Å²) in [5.41, 5.74) is 1.40. The number of nitrogens with zero attached hydrogens (tertiary/aromatic N) is 1. The molecule has 0 amide bonds. The molecule has 0 fully saturated rings. The smallest absolute Gasteiger partial charge is 0.304 e. The van der Waals surface area contributed by atoms with Crippen molar-refractivity contribution in [1.29, 1.82) is 0 Å². The van der Waals surface area contributed by atoms with Gasteiger partial charge in [-0.1, -0.05) is 17.7 Å². The highest BCUT2D eigenvalue weighted by Crippen LogP contribution is 2.17. The monoisotopic (exact) mass is 238 g/mol. The maximum absolute atomic E-state index is 13.3. The molecule has 0 heterocycles. The van der Waals surface area contributed by atoms with Crippen molar-refractivity contribution >= 4 is 5.69 Å². The summed E-state index contributed by atoms with van der Waals surface area (Å²) >= 11 is 0. The molecule has 0 spiro atoms. The van der Waals surface area contributed by atoms with Gasteiger partial charge in [-0.3, -0.25) is 10.1 Å². The summed E-state index contributed by atoms with van der Waals surface area (Å²) in [6, 6.07) is 3.93. The van der Waals surface area contributed by atoms with E-state index in [-0.39, 0.29) is 0 Å². The van der Waals surface area contributed by atoms with Crippen LogP contribution in [0.15, 0.2) is 29.8 Å². The molecule has 1 rings (SSSR count). The standard InChI is InChI=1S/C12H15FN2O2/c1-9(2)5-6-14-8-10-3-4-12(15(16)17)11(13)7-10/h3-5,7,14H,6,8H2,1-2H3. The Labute approximate surface area is 99.3 Å². The van der Waals surface area contributed by atoms with Gasteiger partial charge in [0.2, 0.25) is 5.82 Å². The summed E-state index contributed by atoms with van der Waals surface area (Å²) < 4.78 is 13.3. The van der Waals surface area contributed by atoms with E-state index in [1.807, 2.05) is 19.9 Å². The van der Waals surface area contributed by atoms with Crippen LogP contribution in [0.4, 0.5) is 10.1 Å². The average molecular weight is 238 g/mol. The number of nitro benzene ring substituents is 1. The van der Waals surface area contributed by atoms with E-state index < -0.39 is 16.4 Å². The molecular weight excluding hydrogens is 223 g/mol. The van der Waals surface area contributed by atoms with Crippen molar-refractivity contribution in [3.63, 3.8) is 0 Å². The van der Waals surface area contributed by atoms with Crippen LogP contribution >= 0.6 is 0 Å². The summed E-state index contributed by atoms with van der Waals surface area (Å²) in [5.74, 6) is -0.795. The van der Waals surface area contributed by atoms with Crippen LogP contribution in [0.2, 0.25) is 0 Å². The van der Waals surface area contributed by atoms with Crippen molar-refractivity contribution in [1.82, 2.24) is 5.32 Å². The number of allylic oxidation sites excluding steroid dienone is 1. The van der Waals surface area contributed by atoms with Gasteiger partial charge in [0, 0.05) is 19.2 Å². The molecule has 17 heavy (non-hydrogen) atoms. The molecular formula is C12H15FN2O2. The molecule has 0 aliphatic rings. The van der Waals surface area contributed by atoms with Gasteiger partial charge in [-0.25, -0.2) is 0 Å². The van der Waals surface area contributed by atoms with Gasteiger partial charge in [-0.2, -0.15) is 4.39 Å². The van der Waals surface area contributed by atoms with E-state index in [1.54, 1.807) is 6.07 Å². The summed E-state index contributed by atoms with van der Waals surface area (Å²) in [6.45, 7) is 5.17. The SMILES string of the molecule is CC(C)=CCNCc1ccc([N+](=O)[O-])c(F)c1. The Hall–Kier alpha value is -1.75. The molecule has 0 saturated heterocycles. The number of hydrogen-bond acceptors (Lipinski definition) is 3. The zero-order valence-corrected chi connectivity index (χ0v) is 9.87. The Morgan fingerprint density at radius 2 is 2.24 bits per heavy atom. The molecule has 1 aromatic carbocycles. The fourth-order valence-corrected chi connectivity index (χ4v) is 1.30. The van der Waals surface area contributed by atoms with E-state index in [0.29, 0.717) is 18.7 Å². The van der Waals surface area contributed by atoms with E-state index in [9.17, 15) is 14.5 Å². The lowest BCUT2D eigenvalue weighted by molar-refractivity contribution is -0.387. The van der Waals surface area contributed by atoms with E-state index in [2.05, 4.69) is 5.32 Å². The molecule has 4 nitrogen and oxygen atoms in total. The van der Waals surface area contributed by atoms with E-state index in [4.69, 9.17) is 0 Å². The lowest BCUT2D eigenvalue weighted by Gasteiger charge is -2.03. The Balaban J connectivity index is 2.59. The van der Waals surface area contributed by atoms with Gasteiger partial charge in [-0.15, -0.1) is 0 Å². The molecule has 0 aliphatic heterocycles. The first-order valence-electron chi connectivity index (χ1n) is 5.27. The van der Waals surface area contributed by atoms with Gasteiger partial charge in [-0.05, 0) is 25.5 Å². The normalized spacial score (nSPS) is 10.1. The van der Waals surface area contributed by atoms with Crippen LogP contribution < -0.4 is 5.32 Å².